The maximum atomic E-state index is 11.0. The maximum Gasteiger partial charge on any atom is 0.407 e. The Labute approximate surface area is 105 Å². The molecule has 0 unspecified atom stereocenters. The first-order chi connectivity index (χ1) is 8.83. The first kappa shape index (κ1) is 10.8. The van der Waals surface area contributed by atoms with Crippen molar-refractivity contribution in [2.24, 2.45) is 0 Å². The number of carbonyl (C=O) groups excluding carboxylic acids is 1. The predicted octanol–water partition coefficient (Wildman–Crippen LogP) is 3.13. The third kappa shape index (κ3) is 2.07. The highest BCUT2D eigenvalue weighted by Crippen LogP contribution is 2.24. The van der Waals surface area contributed by atoms with Crippen molar-refractivity contribution in [1.82, 2.24) is 5.32 Å². The molecule has 1 N–H and O–H groups in total. The van der Waals surface area contributed by atoms with Gasteiger partial charge in [0, 0.05) is 0 Å². The molecule has 1 aliphatic heterocycles. The van der Waals surface area contributed by atoms with E-state index in [0.717, 1.165) is 11.1 Å². The van der Waals surface area contributed by atoms with Crippen LogP contribution in [0.4, 0.5) is 4.79 Å². The molecule has 0 aliphatic carbocycles. The van der Waals surface area contributed by atoms with Crippen molar-refractivity contribution in [1.29, 1.82) is 0 Å². The van der Waals surface area contributed by atoms with Gasteiger partial charge in [-0.15, -0.1) is 0 Å². The first-order valence-corrected chi connectivity index (χ1v) is 5.91. The molecule has 0 saturated carbocycles. The number of benzene rings is 2. The molecule has 3 nitrogen and oxygen atoms in total. The molecule has 90 valence electrons. The number of hydrogen-bond donors (Lipinski definition) is 1. The zero-order valence-electron chi connectivity index (χ0n) is 9.80. The molecule has 2 aromatic rings. The second kappa shape index (κ2) is 4.53. The Morgan fingerprint density at radius 1 is 1.00 bits per heavy atom. The molecule has 1 heterocycles. The topological polar surface area (TPSA) is 38.3 Å². The Morgan fingerprint density at radius 3 is 2.50 bits per heavy atom. The Morgan fingerprint density at radius 2 is 1.78 bits per heavy atom. The monoisotopic (exact) mass is 239 g/mol. The summed E-state index contributed by atoms with van der Waals surface area (Å²) in [7, 11) is 0. The summed E-state index contributed by atoms with van der Waals surface area (Å²) >= 11 is 0. The third-order valence-corrected chi connectivity index (χ3v) is 3.07. The molecule has 3 heteroatoms. The number of nitrogens with one attached hydrogen (secondary N) is 1. The highest BCUT2D eigenvalue weighted by atomic mass is 16.6. The molecular formula is C15H13NO2. The zero-order chi connectivity index (χ0) is 12.4. The summed E-state index contributed by atoms with van der Waals surface area (Å²) in [6.45, 7) is 0.400. The van der Waals surface area contributed by atoms with Gasteiger partial charge in [0.25, 0.3) is 0 Å². The van der Waals surface area contributed by atoms with Gasteiger partial charge in [0.2, 0.25) is 0 Å². The molecule has 0 bridgehead atoms. The van der Waals surface area contributed by atoms with E-state index in [-0.39, 0.29) is 12.1 Å². The highest BCUT2D eigenvalue weighted by molar-refractivity contribution is 5.70. The molecule has 0 aromatic heterocycles. The molecule has 2 aromatic carbocycles. The van der Waals surface area contributed by atoms with Gasteiger partial charge in [-0.1, -0.05) is 48.5 Å². The van der Waals surface area contributed by atoms with Crippen LogP contribution in [-0.2, 0) is 4.74 Å². The van der Waals surface area contributed by atoms with Gasteiger partial charge < -0.3 is 10.1 Å². The second-order valence-corrected chi connectivity index (χ2v) is 4.29. The summed E-state index contributed by atoms with van der Waals surface area (Å²) in [5.41, 5.74) is 3.39. The van der Waals surface area contributed by atoms with E-state index < -0.39 is 0 Å². The smallest absolute Gasteiger partial charge is 0.407 e. The largest absolute Gasteiger partial charge is 0.447 e. The van der Waals surface area contributed by atoms with Gasteiger partial charge in [-0.05, 0) is 22.8 Å². The highest BCUT2D eigenvalue weighted by Gasteiger charge is 2.23. The summed E-state index contributed by atoms with van der Waals surface area (Å²) in [4.78, 5) is 11.0. The summed E-state index contributed by atoms with van der Waals surface area (Å²) in [5.74, 6) is 0. The minimum atomic E-state index is -0.342. The number of alkyl carbamates (subject to hydrolysis) is 1. The average Bonchev–Trinajstić information content (AvgIpc) is 2.87. The maximum absolute atomic E-state index is 11.0. The van der Waals surface area contributed by atoms with E-state index in [4.69, 9.17) is 4.74 Å². The van der Waals surface area contributed by atoms with Crippen molar-refractivity contribution in [3.05, 3.63) is 60.2 Å². The van der Waals surface area contributed by atoms with Gasteiger partial charge >= 0.3 is 6.09 Å². The van der Waals surface area contributed by atoms with Crippen LogP contribution in [0.5, 0.6) is 0 Å². The summed E-state index contributed by atoms with van der Waals surface area (Å²) in [5, 5.41) is 2.79. The molecule has 0 radical (unpaired) electrons. The van der Waals surface area contributed by atoms with E-state index in [2.05, 4.69) is 29.6 Å². The van der Waals surface area contributed by atoms with Crippen LogP contribution in [0.3, 0.4) is 0 Å². The molecule has 1 atom stereocenters. The number of ether oxygens (including phenoxy) is 1. The molecule has 1 saturated heterocycles. The number of amides is 1. The third-order valence-electron chi connectivity index (χ3n) is 3.07. The lowest BCUT2D eigenvalue weighted by Gasteiger charge is -2.09. The number of rotatable bonds is 2. The lowest BCUT2D eigenvalue weighted by molar-refractivity contribution is 0.177. The Hall–Kier alpha value is -2.29. The van der Waals surface area contributed by atoms with Gasteiger partial charge in [0.15, 0.2) is 0 Å². The van der Waals surface area contributed by atoms with Crippen molar-refractivity contribution in [3.8, 4) is 11.1 Å². The molecule has 1 fully saturated rings. The molecule has 1 aliphatic rings. The van der Waals surface area contributed by atoms with Crippen LogP contribution in [0, 0.1) is 0 Å². The number of cyclic esters (lactones) is 1. The fraction of sp³-hybridized carbons (Fsp3) is 0.133. The zero-order valence-corrected chi connectivity index (χ0v) is 9.80. The Bertz CT molecular complexity index is 566. The second-order valence-electron chi connectivity index (χ2n) is 4.29. The van der Waals surface area contributed by atoms with Crippen LogP contribution < -0.4 is 5.32 Å². The minimum absolute atomic E-state index is 0.0406. The quantitative estimate of drug-likeness (QED) is 0.874. The molecule has 0 spiro atoms. The van der Waals surface area contributed by atoms with Gasteiger partial charge in [0.05, 0.1) is 6.04 Å². The van der Waals surface area contributed by atoms with Crippen molar-refractivity contribution in [3.63, 3.8) is 0 Å². The van der Waals surface area contributed by atoms with Crippen LogP contribution in [0.2, 0.25) is 0 Å². The lowest BCUT2D eigenvalue weighted by Crippen LogP contribution is -2.18. The van der Waals surface area contributed by atoms with Crippen molar-refractivity contribution in [2.75, 3.05) is 6.61 Å². The fourth-order valence-corrected chi connectivity index (χ4v) is 2.13. The van der Waals surface area contributed by atoms with Gasteiger partial charge in [-0.3, -0.25) is 0 Å². The van der Waals surface area contributed by atoms with Gasteiger partial charge in [0.1, 0.15) is 6.61 Å². The molecular weight excluding hydrogens is 226 g/mol. The minimum Gasteiger partial charge on any atom is -0.447 e. The standard InChI is InChI=1S/C15H13NO2/c17-15-16-14(10-18-15)13-8-4-7-12(9-13)11-5-2-1-3-6-11/h1-9,14H,10H2,(H,16,17)/t14-/m1/s1. The van der Waals surface area contributed by atoms with Gasteiger partial charge in [-0.2, -0.15) is 0 Å². The van der Waals surface area contributed by atoms with Crippen molar-refractivity contribution < 1.29 is 9.53 Å². The van der Waals surface area contributed by atoms with E-state index in [1.54, 1.807) is 0 Å². The van der Waals surface area contributed by atoms with Crippen molar-refractivity contribution in [2.45, 2.75) is 6.04 Å². The molecule has 18 heavy (non-hydrogen) atoms. The van der Waals surface area contributed by atoms with E-state index in [1.165, 1.54) is 5.56 Å². The van der Waals surface area contributed by atoms with Crippen LogP contribution >= 0.6 is 0 Å². The summed E-state index contributed by atoms with van der Waals surface area (Å²) < 4.78 is 4.92. The molecule has 1 amide bonds. The Kier molecular flexibility index (Phi) is 2.73. The van der Waals surface area contributed by atoms with Gasteiger partial charge in [-0.25, -0.2) is 4.79 Å². The normalized spacial score (nSPS) is 18.2. The van der Waals surface area contributed by atoms with Crippen LogP contribution in [0.1, 0.15) is 11.6 Å². The first-order valence-electron chi connectivity index (χ1n) is 5.91. The van der Waals surface area contributed by atoms with E-state index in [1.807, 2.05) is 30.3 Å². The fourth-order valence-electron chi connectivity index (χ4n) is 2.13. The van der Waals surface area contributed by atoms with E-state index in [9.17, 15) is 4.79 Å². The number of hydrogen-bond acceptors (Lipinski definition) is 2. The summed E-state index contributed by atoms with van der Waals surface area (Å²) in [6.07, 6.45) is -0.342. The average molecular weight is 239 g/mol. The lowest BCUT2D eigenvalue weighted by atomic mass is 10.00. The van der Waals surface area contributed by atoms with Crippen molar-refractivity contribution >= 4 is 6.09 Å². The number of carbonyl (C=O) groups is 1. The van der Waals surface area contributed by atoms with Crippen LogP contribution in [0.15, 0.2) is 54.6 Å². The Balaban J connectivity index is 1.92. The van der Waals surface area contributed by atoms with Crippen LogP contribution in [0.25, 0.3) is 11.1 Å². The SMILES string of the molecule is O=C1N[C@@H](c2cccc(-c3ccccc3)c2)CO1. The predicted molar refractivity (Wildman–Crippen MR) is 69.1 cm³/mol. The van der Waals surface area contributed by atoms with E-state index >= 15 is 0 Å². The van der Waals surface area contributed by atoms with E-state index in [0.29, 0.717) is 6.61 Å². The molecule has 3 rings (SSSR count). The van der Waals surface area contributed by atoms with Crippen LogP contribution in [-0.4, -0.2) is 12.7 Å². The summed E-state index contributed by atoms with van der Waals surface area (Å²) in [6, 6.07) is 18.3.